The molecule has 2 rings (SSSR count). The summed E-state index contributed by atoms with van der Waals surface area (Å²) in [5, 5.41) is 11.6. The topological polar surface area (TPSA) is 80.7 Å². The van der Waals surface area contributed by atoms with Gasteiger partial charge in [0.1, 0.15) is 5.75 Å². The molecule has 1 heterocycles. The van der Waals surface area contributed by atoms with Gasteiger partial charge in [0, 0.05) is 10.7 Å². The van der Waals surface area contributed by atoms with Gasteiger partial charge in [-0.2, -0.15) is 0 Å². The number of nitrogens with zero attached hydrogens (tertiary/aromatic N) is 2. The highest BCUT2D eigenvalue weighted by atomic mass is 79.9. The van der Waals surface area contributed by atoms with E-state index < -0.39 is 0 Å². The molecular formula is C12H10BrN3O2. The van der Waals surface area contributed by atoms with Crippen LogP contribution in [0.2, 0.25) is 0 Å². The third kappa shape index (κ3) is 2.78. The fraction of sp³-hybridized carbons (Fsp3) is 0. The van der Waals surface area contributed by atoms with E-state index in [0.717, 1.165) is 4.47 Å². The highest BCUT2D eigenvalue weighted by Crippen LogP contribution is 2.25. The summed E-state index contributed by atoms with van der Waals surface area (Å²) in [6.07, 6.45) is 1.54. The summed E-state index contributed by atoms with van der Waals surface area (Å²) in [5.41, 5.74) is 5.82. The first-order valence-electron chi connectivity index (χ1n) is 5.07. The Balaban J connectivity index is 2.35. The lowest BCUT2D eigenvalue weighted by Crippen LogP contribution is -2.15. The van der Waals surface area contributed by atoms with Gasteiger partial charge >= 0.3 is 0 Å². The molecule has 0 spiro atoms. The Morgan fingerprint density at radius 1 is 1.33 bits per heavy atom. The van der Waals surface area contributed by atoms with Gasteiger partial charge in [0.05, 0.1) is 0 Å². The molecule has 0 fully saturated rings. The first kappa shape index (κ1) is 12.4. The van der Waals surface area contributed by atoms with Gasteiger partial charge < -0.3 is 15.7 Å². The molecule has 5 nitrogen and oxygen atoms in total. The smallest absolute Gasteiger partial charge is 0.192 e. The Kier molecular flexibility index (Phi) is 3.78. The summed E-state index contributed by atoms with van der Waals surface area (Å²) in [4.78, 5) is 4.02. The molecule has 18 heavy (non-hydrogen) atoms. The molecule has 0 saturated carbocycles. The molecule has 1 aromatic carbocycles. The molecule has 0 aliphatic heterocycles. The lowest BCUT2D eigenvalue weighted by Gasteiger charge is -2.09. The van der Waals surface area contributed by atoms with Crippen LogP contribution in [0.5, 0.6) is 11.5 Å². The van der Waals surface area contributed by atoms with Crippen LogP contribution in [-0.4, -0.2) is 16.0 Å². The fourth-order valence-electron chi connectivity index (χ4n) is 1.37. The second-order valence-electron chi connectivity index (χ2n) is 3.39. The van der Waals surface area contributed by atoms with Crippen molar-refractivity contribution < 1.29 is 9.94 Å². The molecule has 0 saturated heterocycles. The van der Waals surface area contributed by atoms with E-state index in [1.54, 1.807) is 24.4 Å². The molecule has 0 amide bonds. The summed E-state index contributed by atoms with van der Waals surface area (Å²) in [5.74, 6) is 0.955. The van der Waals surface area contributed by atoms with Crippen LogP contribution in [0.15, 0.2) is 52.2 Å². The van der Waals surface area contributed by atoms with E-state index in [9.17, 15) is 0 Å². The first-order chi connectivity index (χ1) is 8.70. The monoisotopic (exact) mass is 307 g/mol. The Hall–Kier alpha value is -2.08. The molecule has 0 atom stereocenters. The summed E-state index contributed by atoms with van der Waals surface area (Å²) >= 11 is 3.35. The van der Waals surface area contributed by atoms with E-state index in [4.69, 9.17) is 15.7 Å². The maximum atomic E-state index is 8.68. The molecule has 0 aliphatic carbocycles. The van der Waals surface area contributed by atoms with Gasteiger partial charge in [-0.3, -0.25) is 0 Å². The van der Waals surface area contributed by atoms with Gasteiger partial charge in [0.2, 0.25) is 0 Å². The number of rotatable bonds is 3. The molecule has 0 bridgehead atoms. The first-order valence-corrected chi connectivity index (χ1v) is 5.86. The van der Waals surface area contributed by atoms with Crippen LogP contribution >= 0.6 is 15.9 Å². The van der Waals surface area contributed by atoms with Crippen molar-refractivity contribution >= 4 is 21.8 Å². The van der Waals surface area contributed by atoms with Crippen LogP contribution in [0.4, 0.5) is 0 Å². The largest absolute Gasteiger partial charge is 0.455 e. The average Bonchev–Trinajstić information content (AvgIpc) is 2.38. The number of aromatic nitrogens is 1. The van der Waals surface area contributed by atoms with E-state index in [-0.39, 0.29) is 5.84 Å². The predicted octanol–water partition coefficient (Wildman–Crippen LogP) is 2.73. The van der Waals surface area contributed by atoms with Crippen LogP contribution in [0.1, 0.15) is 5.69 Å². The van der Waals surface area contributed by atoms with Crippen LogP contribution in [0, 0.1) is 0 Å². The fourth-order valence-corrected chi connectivity index (χ4v) is 1.75. The summed E-state index contributed by atoms with van der Waals surface area (Å²) in [6, 6.07) is 10.7. The highest BCUT2D eigenvalue weighted by Gasteiger charge is 2.10. The normalized spacial score (nSPS) is 11.3. The van der Waals surface area contributed by atoms with Gasteiger partial charge in [-0.1, -0.05) is 27.2 Å². The van der Waals surface area contributed by atoms with Gasteiger partial charge in [0.15, 0.2) is 17.3 Å². The van der Waals surface area contributed by atoms with Crippen molar-refractivity contribution in [1.82, 2.24) is 4.98 Å². The number of ether oxygens (including phenoxy) is 1. The van der Waals surface area contributed by atoms with E-state index in [2.05, 4.69) is 26.1 Å². The second-order valence-corrected chi connectivity index (χ2v) is 4.31. The van der Waals surface area contributed by atoms with Crippen molar-refractivity contribution in [3.8, 4) is 11.5 Å². The minimum absolute atomic E-state index is 0.0967. The average molecular weight is 308 g/mol. The molecule has 3 N–H and O–H groups in total. The summed E-state index contributed by atoms with van der Waals surface area (Å²) in [7, 11) is 0. The minimum Gasteiger partial charge on any atom is -0.455 e. The molecule has 0 unspecified atom stereocenters. The number of oxime groups is 1. The molecule has 92 valence electrons. The van der Waals surface area contributed by atoms with Crippen molar-refractivity contribution in [2.24, 2.45) is 10.9 Å². The van der Waals surface area contributed by atoms with Gasteiger partial charge in [-0.05, 0) is 30.3 Å². The maximum Gasteiger partial charge on any atom is 0.192 e. The summed E-state index contributed by atoms with van der Waals surface area (Å²) in [6.45, 7) is 0. The standard InChI is InChI=1S/C12H10BrN3O2/c13-8-3-1-4-9(7-8)18-10-5-2-6-15-11(10)12(14)16-17/h1-7,17H,(H2,14,16). The Morgan fingerprint density at radius 3 is 2.89 bits per heavy atom. The second kappa shape index (κ2) is 5.50. The number of halogens is 1. The SMILES string of the molecule is N/C(=N/O)c1ncccc1Oc1cccc(Br)c1. The predicted molar refractivity (Wildman–Crippen MR) is 71.0 cm³/mol. The molecule has 0 radical (unpaired) electrons. The molecule has 6 heteroatoms. The number of benzene rings is 1. The minimum atomic E-state index is -0.0967. The number of hydrogen-bond donors (Lipinski definition) is 2. The zero-order chi connectivity index (χ0) is 13.0. The number of nitrogens with two attached hydrogens (primary N) is 1. The van der Waals surface area contributed by atoms with Gasteiger partial charge in [-0.15, -0.1) is 0 Å². The Bertz CT molecular complexity index is 587. The van der Waals surface area contributed by atoms with Crippen LogP contribution in [0.25, 0.3) is 0 Å². The number of amidine groups is 1. The van der Waals surface area contributed by atoms with Crippen molar-refractivity contribution in [3.63, 3.8) is 0 Å². The Morgan fingerprint density at radius 2 is 2.17 bits per heavy atom. The molecule has 1 aromatic heterocycles. The van der Waals surface area contributed by atoms with Crippen LogP contribution < -0.4 is 10.5 Å². The van der Waals surface area contributed by atoms with Crippen LogP contribution in [0.3, 0.4) is 0 Å². The molecule has 0 aliphatic rings. The van der Waals surface area contributed by atoms with E-state index in [1.807, 2.05) is 18.2 Å². The number of hydrogen-bond acceptors (Lipinski definition) is 4. The third-order valence-electron chi connectivity index (χ3n) is 2.14. The number of pyridine rings is 1. The molecular weight excluding hydrogens is 298 g/mol. The van der Waals surface area contributed by atoms with Crippen LogP contribution in [-0.2, 0) is 0 Å². The van der Waals surface area contributed by atoms with Crippen molar-refractivity contribution in [3.05, 3.63) is 52.8 Å². The van der Waals surface area contributed by atoms with Crippen molar-refractivity contribution in [1.29, 1.82) is 0 Å². The van der Waals surface area contributed by atoms with Gasteiger partial charge in [0.25, 0.3) is 0 Å². The third-order valence-corrected chi connectivity index (χ3v) is 2.64. The lowest BCUT2D eigenvalue weighted by molar-refractivity contribution is 0.318. The highest BCUT2D eigenvalue weighted by molar-refractivity contribution is 9.10. The summed E-state index contributed by atoms with van der Waals surface area (Å²) < 4.78 is 6.55. The van der Waals surface area contributed by atoms with E-state index in [1.165, 1.54) is 0 Å². The quantitative estimate of drug-likeness (QED) is 0.395. The Labute approximate surface area is 112 Å². The van der Waals surface area contributed by atoms with E-state index in [0.29, 0.717) is 17.2 Å². The zero-order valence-corrected chi connectivity index (χ0v) is 10.8. The van der Waals surface area contributed by atoms with E-state index >= 15 is 0 Å². The van der Waals surface area contributed by atoms with Crippen molar-refractivity contribution in [2.75, 3.05) is 0 Å². The molecule has 2 aromatic rings. The van der Waals surface area contributed by atoms with Crippen molar-refractivity contribution in [2.45, 2.75) is 0 Å². The van der Waals surface area contributed by atoms with Gasteiger partial charge in [-0.25, -0.2) is 4.98 Å². The lowest BCUT2D eigenvalue weighted by atomic mass is 10.3. The zero-order valence-electron chi connectivity index (χ0n) is 9.25. The maximum absolute atomic E-state index is 8.68.